The third-order valence-corrected chi connectivity index (χ3v) is 3.29. The molecule has 1 rings (SSSR count). The van der Waals surface area contributed by atoms with Crippen LogP contribution in [0.2, 0.25) is 0 Å². The van der Waals surface area contributed by atoms with E-state index in [1.807, 2.05) is 0 Å². The fourth-order valence-corrected chi connectivity index (χ4v) is 1.92. The molecule has 0 aliphatic heterocycles. The van der Waals surface area contributed by atoms with E-state index in [0.29, 0.717) is 12.5 Å². The smallest absolute Gasteiger partial charge is 0.335 e. The molecule has 0 spiro atoms. The van der Waals surface area contributed by atoms with Gasteiger partial charge in [0.15, 0.2) is 0 Å². The third kappa shape index (κ3) is 5.50. The van der Waals surface area contributed by atoms with Crippen molar-refractivity contribution in [2.45, 2.75) is 26.2 Å². The Labute approximate surface area is 111 Å². The van der Waals surface area contributed by atoms with Gasteiger partial charge in [0.05, 0.1) is 12.2 Å². The maximum atomic E-state index is 10.7. The van der Waals surface area contributed by atoms with Crippen LogP contribution in [-0.2, 0) is 0 Å². The molecule has 0 amide bonds. The van der Waals surface area contributed by atoms with E-state index < -0.39 is 5.97 Å². The molecule has 0 bridgehead atoms. The van der Waals surface area contributed by atoms with Crippen LogP contribution in [0.1, 0.15) is 36.5 Å². The van der Waals surface area contributed by atoms with E-state index in [1.54, 1.807) is 24.3 Å². The molecule has 0 saturated carbocycles. The van der Waals surface area contributed by atoms with Crippen molar-refractivity contribution < 1.29 is 14.6 Å². The fourth-order valence-electron chi connectivity index (χ4n) is 1.68. The monoisotopic (exact) mass is 268 g/mol. The minimum atomic E-state index is -0.910. The van der Waals surface area contributed by atoms with Gasteiger partial charge in [0.2, 0.25) is 0 Å². The summed E-state index contributed by atoms with van der Waals surface area (Å²) in [5.41, 5.74) is 0.288. The molecule has 18 heavy (non-hydrogen) atoms. The van der Waals surface area contributed by atoms with E-state index in [0.717, 1.165) is 18.3 Å². The fraction of sp³-hybridized carbons (Fsp3) is 0.500. The van der Waals surface area contributed by atoms with Gasteiger partial charge in [-0.2, -0.15) is 0 Å². The largest absolute Gasteiger partial charge is 0.494 e. The number of ether oxygens (including phenoxy) is 1. The normalized spacial score (nSPS) is 12.1. The lowest BCUT2D eigenvalue weighted by Gasteiger charge is -2.11. The van der Waals surface area contributed by atoms with Crippen molar-refractivity contribution >= 4 is 15.2 Å². The zero-order chi connectivity index (χ0) is 13.4. The van der Waals surface area contributed by atoms with Crippen LogP contribution >= 0.6 is 9.24 Å². The summed E-state index contributed by atoms with van der Waals surface area (Å²) in [4.78, 5) is 10.7. The molecule has 1 aromatic carbocycles. The first-order valence-electron chi connectivity index (χ1n) is 6.29. The Morgan fingerprint density at radius 3 is 2.56 bits per heavy atom. The third-order valence-electron chi connectivity index (χ3n) is 2.88. The van der Waals surface area contributed by atoms with E-state index in [2.05, 4.69) is 16.2 Å². The highest BCUT2D eigenvalue weighted by Gasteiger charge is 2.04. The number of carbonyl (C=O) groups is 1. The predicted molar refractivity (Wildman–Crippen MR) is 76.5 cm³/mol. The molecule has 3 nitrogen and oxygen atoms in total. The highest BCUT2D eigenvalue weighted by Crippen LogP contribution is 2.15. The minimum absolute atomic E-state index is 0.288. The van der Waals surface area contributed by atoms with Gasteiger partial charge >= 0.3 is 5.97 Å². The second kappa shape index (κ2) is 8.10. The van der Waals surface area contributed by atoms with E-state index in [1.165, 1.54) is 12.8 Å². The number of aromatic carboxylic acids is 1. The lowest BCUT2D eigenvalue weighted by molar-refractivity contribution is 0.0697. The Morgan fingerprint density at radius 1 is 1.33 bits per heavy atom. The topological polar surface area (TPSA) is 46.5 Å². The molecule has 0 aliphatic rings. The van der Waals surface area contributed by atoms with Crippen molar-refractivity contribution in [3.63, 3.8) is 0 Å². The molecule has 1 aromatic rings. The SMILES string of the molecule is CC(CCCP)CCOc1ccc(C(=O)O)cc1. The first-order valence-corrected chi connectivity index (χ1v) is 7.11. The summed E-state index contributed by atoms with van der Waals surface area (Å²) in [5.74, 6) is 0.495. The van der Waals surface area contributed by atoms with Crippen molar-refractivity contribution in [1.82, 2.24) is 0 Å². The summed E-state index contributed by atoms with van der Waals surface area (Å²) >= 11 is 0. The molecule has 2 atom stereocenters. The van der Waals surface area contributed by atoms with Gasteiger partial charge in [-0.05, 0) is 49.2 Å². The number of carboxylic acids is 1. The van der Waals surface area contributed by atoms with Gasteiger partial charge in [-0.1, -0.05) is 13.3 Å². The lowest BCUT2D eigenvalue weighted by Crippen LogP contribution is -2.04. The van der Waals surface area contributed by atoms with Crippen LogP contribution in [0.15, 0.2) is 24.3 Å². The van der Waals surface area contributed by atoms with E-state index >= 15 is 0 Å². The highest BCUT2D eigenvalue weighted by molar-refractivity contribution is 7.16. The maximum absolute atomic E-state index is 10.7. The minimum Gasteiger partial charge on any atom is -0.494 e. The first kappa shape index (κ1) is 15.0. The Kier molecular flexibility index (Phi) is 6.74. The highest BCUT2D eigenvalue weighted by atomic mass is 31.0. The number of hydrogen-bond acceptors (Lipinski definition) is 2. The molecule has 0 aromatic heterocycles. The van der Waals surface area contributed by atoms with E-state index in [9.17, 15) is 4.79 Å². The van der Waals surface area contributed by atoms with Crippen LogP contribution in [0.3, 0.4) is 0 Å². The quantitative estimate of drug-likeness (QED) is 0.734. The van der Waals surface area contributed by atoms with Crippen LogP contribution in [0, 0.1) is 5.92 Å². The van der Waals surface area contributed by atoms with Crippen molar-refractivity contribution in [1.29, 1.82) is 0 Å². The first-order chi connectivity index (χ1) is 8.63. The molecule has 0 saturated heterocycles. The Bertz CT molecular complexity index is 362. The summed E-state index contributed by atoms with van der Waals surface area (Å²) in [5, 5.41) is 8.76. The summed E-state index contributed by atoms with van der Waals surface area (Å²) in [6, 6.07) is 6.54. The zero-order valence-electron chi connectivity index (χ0n) is 10.8. The molecule has 4 heteroatoms. The standard InChI is InChI=1S/C14H21O3P/c1-11(3-2-10-18)8-9-17-13-6-4-12(5-7-13)14(15)16/h4-7,11H,2-3,8-10,18H2,1H3,(H,15,16). The van der Waals surface area contributed by atoms with Crippen LogP contribution < -0.4 is 4.74 Å². The second-order valence-corrected chi connectivity index (χ2v) is 5.08. The number of hydrogen-bond donors (Lipinski definition) is 1. The zero-order valence-corrected chi connectivity index (χ0v) is 11.9. The maximum Gasteiger partial charge on any atom is 0.335 e. The van der Waals surface area contributed by atoms with Gasteiger partial charge in [0.25, 0.3) is 0 Å². The molecule has 0 radical (unpaired) electrons. The molecule has 100 valence electrons. The molecular formula is C14H21O3P. The molecule has 0 aliphatic carbocycles. The van der Waals surface area contributed by atoms with E-state index in [4.69, 9.17) is 9.84 Å². The van der Waals surface area contributed by atoms with Gasteiger partial charge in [-0.25, -0.2) is 4.79 Å². The van der Waals surface area contributed by atoms with Gasteiger partial charge < -0.3 is 9.84 Å². The van der Waals surface area contributed by atoms with Gasteiger partial charge in [0.1, 0.15) is 5.75 Å². The van der Waals surface area contributed by atoms with Gasteiger partial charge in [0, 0.05) is 0 Å². The Balaban J connectivity index is 2.29. The summed E-state index contributed by atoms with van der Waals surface area (Å²) in [6.45, 7) is 2.92. The van der Waals surface area contributed by atoms with Crippen molar-refractivity contribution in [2.24, 2.45) is 5.92 Å². The van der Waals surface area contributed by atoms with Crippen molar-refractivity contribution in [3.05, 3.63) is 29.8 Å². The summed E-state index contributed by atoms with van der Waals surface area (Å²) in [7, 11) is 2.74. The Hall–Kier alpha value is -1.08. The number of benzene rings is 1. The van der Waals surface area contributed by atoms with Crippen LogP contribution in [-0.4, -0.2) is 23.8 Å². The van der Waals surface area contributed by atoms with Crippen molar-refractivity contribution in [3.8, 4) is 5.75 Å². The molecule has 0 heterocycles. The average molecular weight is 268 g/mol. The molecule has 2 unspecified atom stereocenters. The van der Waals surface area contributed by atoms with E-state index in [-0.39, 0.29) is 5.56 Å². The van der Waals surface area contributed by atoms with Crippen LogP contribution in [0.25, 0.3) is 0 Å². The second-order valence-electron chi connectivity index (χ2n) is 4.50. The molecular weight excluding hydrogens is 247 g/mol. The van der Waals surface area contributed by atoms with Crippen molar-refractivity contribution in [2.75, 3.05) is 12.8 Å². The van der Waals surface area contributed by atoms with Gasteiger partial charge in [-0.15, -0.1) is 9.24 Å². The van der Waals surface area contributed by atoms with Gasteiger partial charge in [-0.3, -0.25) is 0 Å². The summed E-state index contributed by atoms with van der Waals surface area (Å²) in [6.07, 6.45) is 4.65. The molecule has 1 N–H and O–H groups in total. The lowest BCUT2D eigenvalue weighted by atomic mass is 10.0. The molecule has 0 fully saturated rings. The summed E-state index contributed by atoms with van der Waals surface area (Å²) < 4.78 is 5.59. The van der Waals surface area contributed by atoms with Crippen LogP contribution in [0.5, 0.6) is 5.75 Å². The predicted octanol–water partition coefficient (Wildman–Crippen LogP) is 3.45. The number of carboxylic acid groups (broad SMARTS) is 1. The average Bonchev–Trinajstić information content (AvgIpc) is 2.37. The Morgan fingerprint density at radius 2 is 2.00 bits per heavy atom. The van der Waals surface area contributed by atoms with Crippen LogP contribution in [0.4, 0.5) is 0 Å². The number of rotatable bonds is 8.